The standard InChI is InChI=1S/C16H26N8O.C2HF3O2/c1-3-8-23-10-18-21-15(23)11(2)19-16(25)14-9-24(22-20-14)13-6-4-12(17)5-7-13;3-2(4,5)1(6)7/h9-13H,3-8,17H2,1-2H3,(H,19,25);(H,6,7). The van der Waals surface area contributed by atoms with E-state index in [1.54, 1.807) is 17.2 Å². The van der Waals surface area contributed by atoms with E-state index >= 15 is 0 Å². The highest BCUT2D eigenvalue weighted by Gasteiger charge is 2.38. The van der Waals surface area contributed by atoms with E-state index in [-0.39, 0.29) is 24.0 Å². The summed E-state index contributed by atoms with van der Waals surface area (Å²) >= 11 is 0. The molecule has 1 fully saturated rings. The van der Waals surface area contributed by atoms with Crippen LogP contribution in [0.1, 0.15) is 74.3 Å². The quantitative estimate of drug-likeness (QED) is 0.590. The second kappa shape index (κ2) is 11.0. The first-order valence-corrected chi connectivity index (χ1v) is 10.2. The van der Waals surface area contributed by atoms with Crippen LogP contribution in [0.5, 0.6) is 0 Å². The molecule has 0 saturated heterocycles. The van der Waals surface area contributed by atoms with Gasteiger partial charge in [0.2, 0.25) is 0 Å². The van der Waals surface area contributed by atoms with E-state index in [1.807, 2.05) is 11.5 Å². The van der Waals surface area contributed by atoms with Crippen molar-refractivity contribution in [2.45, 2.75) is 76.8 Å². The van der Waals surface area contributed by atoms with Gasteiger partial charge in [0.05, 0.1) is 18.3 Å². The summed E-state index contributed by atoms with van der Waals surface area (Å²) in [4.78, 5) is 21.4. The van der Waals surface area contributed by atoms with Crippen molar-refractivity contribution in [2.75, 3.05) is 0 Å². The van der Waals surface area contributed by atoms with Crippen molar-refractivity contribution in [2.24, 2.45) is 5.73 Å². The van der Waals surface area contributed by atoms with Gasteiger partial charge in [-0.1, -0.05) is 12.1 Å². The zero-order valence-electron chi connectivity index (χ0n) is 17.8. The highest BCUT2D eigenvalue weighted by Crippen LogP contribution is 2.26. The molecule has 1 aliphatic rings. The Kier molecular flexibility index (Phi) is 8.69. The molecule has 2 aromatic rings. The summed E-state index contributed by atoms with van der Waals surface area (Å²) in [5, 5.41) is 26.3. The first kappa shape index (κ1) is 25.2. The van der Waals surface area contributed by atoms with Gasteiger partial charge < -0.3 is 20.7 Å². The van der Waals surface area contributed by atoms with Gasteiger partial charge in [-0.25, -0.2) is 9.48 Å². The summed E-state index contributed by atoms with van der Waals surface area (Å²) in [6.45, 7) is 4.80. The number of carboxylic acids is 1. The van der Waals surface area contributed by atoms with Crippen LogP contribution in [0.2, 0.25) is 0 Å². The number of carbonyl (C=O) groups is 2. The van der Waals surface area contributed by atoms with Gasteiger partial charge in [0.15, 0.2) is 11.5 Å². The number of alkyl halides is 3. The van der Waals surface area contributed by atoms with E-state index < -0.39 is 12.1 Å². The van der Waals surface area contributed by atoms with Crippen molar-refractivity contribution in [3.8, 4) is 0 Å². The van der Waals surface area contributed by atoms with E-state index in [2.05, 4.69) is 32.7 Å². The van der Waals surface area contributed by atoms with Crippen LogP contribution in [0.3, 0.4) is 0 Å². The van der Waals surface area contributed by atoms with Gasteiger partial charge in [0.25, 0.3) is 5.91 Å². The SMILES string of the molecule is CCCn1cnnc1C(C)NC(=O)c1cn(C2CCC(N)CC2)nn1.O=C(O)C(F)(F)F. The number of nitrogens with one attached hydrogen (secondary N) is 1. The third-order valence-electron chi connectivity index (χ3n) is 4.95. The first-order chi connectivity index (χ1) is 15.0. The van der Waals surface area contributed by atoms with Crippen molar-refractivity contribution in [3.63, 3.8) is 0 Å². The molecule has 0 radical (unpaired) electrons. The normalized spacial score (nSPS) is 19.6. The van der Waals surface area contributed by atoms with Gasteiger partial charge in [0, 0.05) is 12.6 Å². The molecule has 11 nitrogen and oxygen atoms in total. The monoisotopic (exact) mass is 460 g/mol. The number of aryl methyl sites for hydroxylation is 1. The Morgan fingerprint density at radius 3 is 2.47 bits per heavy atom. The number of hydrogen-bond acceptors (Lipinski definition) is 7. The van der Waals surface area contributed by atoms with Gasteiger partial charge in [-0.3, -0.25) is 4.79 Å². The maximum Gasteiger partial charge on any atom is 0.490 e. The molecule has 0 aromatic carbocycles. The van der Waals surface area contributed by atoms with Crippen LogP contribution in [0.15, 0.2) is 12.5 Å². The number of nitrogens with two attached hydrogens (primary N) is 1. The first-order valence-electron chi connectivity index (χ1n) is 10.2. The molecular weight excluding hydrogens is 433 g/mol. The van der Waals surface area contributed by atoms with Crippen molar-refractivity contribution >= 4 is 11.9 Å². The third kappa shape index (κ3) is 7.00. The lowest BCUT2D eigenvalue weighted by Crippen LogP contribution is -2.29. The van der Waals surface area contributed by atoms with Crippen LogP contribution in [0, 0.1) is 0 Å². The number of nitrogens with zero attached hydrogens (tertiary/aromatic N) is 6. The molecule has 1 unspecified atom stereocenters. The summed E-state index contributed by atoms with van der Waals surface area (Å²) in [5.41, 5.74) is 6.26. The maximum absolute atomic E-state index is 12.5. The molecule has 32 heavy (non-hydrogen) atoms. The Balaban J connectivity index is 0.000000451. The summed E-state index contributed by atoms with van der Waals surface area (Å²) in [5.74, 6) is -2.27. The molecule has 1 saturated carbocycles. The number of carbonyl (C=O) groups excluding carboxylic acids is 1. The fourth-order valence-electron chi connectivity index (χ4n) is 3.27. The molecule has 14 heteroatoms. The van der Waals surface area contributed by atoms with Crippen LogP contribution < -0.4 is 11.1 Å². The molecule has 0 bridgehead atoms. The zero-order valence-corrected chi connectivity index (χ0v) is 17.8. The molecular formula is C18H27F3N8O3. The summed E-state index contributed by atoms with van der Waals surface area (Å²) in [7, 11) is 0. The Bertz CT molecular complexity index is 890. The predicted octanol–water partition coefficient (Wildman–Crippen LogP) is 1.85. The van der Waals surface area contributed by atoms with Crippen molar-refractivity contribution in [1.29, 1.82) is 0 Å². The fourth-order valence-corrected chi connectivity index (χ4v) is 3.27. The van der Waals surface area contributed by atoms with Gasteiger partial charge >= 0.3 is 12.1 Å². The minimum absolute atomic E-state index is 0.251. The lowest BCUT2D eigenvalue weighted by molar-refractivity contribution is -0.192. The van der Waals surface area contributed by atoms with Crippen LogP contribution in [0.25, 0.3) is 0 Å². The number of halogens is 3. The van der Waals surface area contributed by atoms with Crippen LogP contribution in [-0.4, -0.2) is 59.0 Å². The van der Waals surface area contributed by atoms with E-state index in [4.69, 9.17) is 15.6 Å². The van der Waals surface area contributed by atoms with Crippen LogP contribution >= 0.6 is 0 Å². The number of aliphatic carboxylic acids is 1. The highest BCUT2D eigenvalue weighted by atomic mass is 19.4. The lowest BCUT2D eigenvalue weighted by atomic mass is 9.92. The molecule has 1 atom stereocenters. The number of aromatic nitrogens is 6. The van der Waals surface area contributed by atoms with Crippen molar-refractivity contribution in [3.05, 3.63) is 24.0 Å². The van der Waals surface area contributed by atoms with Crippen molar-refractivity contribution < 1.29 is 27.9 Å². The predicted molar refractivity (Wildman–Crippen MR) is 105 cm³/mol. The van der Waals surface area contributed by atoms with Gasteiger partial charge in [0.1, 0.15) is 6.33 Å². The Hall–Kier alpha value is -3.03. The minimum Gasteiger partial charge on any atom is -0.475 e. The third-order valence-corrected chi connectivity index (χ3v) is 4.95. The molecule has 178 valence electrons. The van der Waals surface area contributed by atoms with Gasteiger partial charge in [-0.15, -0.1) is 15.3 Å². The fraction of sp³-hybridized carbons (Fsp3) is 0.667. The van der Waals surface area contributed by atoms with Gasteiger partial charge in [-0.2, -0.15) is 13.2 Å². The van der Waals surface area contributed by atoms with Crippen LogP contribution in [0.4, 0.5) is 13.2 Å². The number of hydrogen-bond donors (Lipinski definition) is 3. The molecule has 0 spiro atoms. The smallest absolute Gasteiger partial charge is 0.475 e. The average molecular weight is 460 g/mol. The molecule has 2 aromatic heterocycles. The summed E-state index contributed by atoms with van der Waals surface area (Å²) in [6.07, 6.45) is 3.22. The summed E-state index contributed by atoms with van der Waals surface area (Å²) < 4.78 is 35.5. The van der Waals surface area contributed by atoms with Gasteiger partial charge in [-0.05, 0) is 39.0 Å². The van der Waals surface area contributed by atoms with E-state index in [9.17, 15) is 18.0 Å². The Labute approximate surface area is 182 Å². The molecule has 4 N–H and O–H groups in total. The topological polar surface area (TPSA) is 154 Å². The zero-order chi connectivity index (χ0) is 23.9. The lowest BCUT2D eigenvalue weighted by Gasteiger charge is -2.25. The number of carboxylic acid groups (broad SMARTS) is 1. The Morgan fingerprint density at radius 1 is 1.28 bits per heavy atom. The minimum atomic E-state index is -5.08. The maximum atomic E-state index is 12.5. The second-order valence-corrected chi connectivity index (χ2v) is 7.53. The summed E-state index contributed by atoms with van der Waals surface area (Å²) in [6, 6.07) is 0.308. The van der Waals surface area contributed by atoms with E-state index in [1.165, 1.54) is 0 Å². The van der Waals surface area contributed by atoms with Crippen molar-refractivity contribution in [1.82, 2.24) is 35.1 Å². The second-order valence-electron chi connectivity index (χ2n) is 7.53. The molecule has 3 rings (SSSR count). The van der Waals surface area contributed by atoms with E-state index in [0.717, 1.165) is 44.5 Å². The number of amides is 1. The van der Waals surface area contributed by atoms with Crippen LogP contribution in [-0.2, 0) is 11.3 Å². The highest BCUT2D eigenvalue weighted by molar-refractivity contribution is 5.92. The molecule has 0 aliphatic heterocycles. The Morgan fingerprint density at radius 2 is 1.91 bits per heavy atom. The van der Waals surface area contributed by atoms with E-state index in [0.29, 0.717) is 5.69 Å². The molecule has 2 heterocycles. The number of rotatable bonds is 6. The average Bonchev–Trinajstić information content (AvgIpc) is 3.38. The molecule has 1 aliphatic carbocycles. The largest absolute Gasteiger partial charge is 0.490 e. The molecule has 1 amide bonds.